The lowest BCUT2D eigenvalue weighted by atomic mass is 10.1. The normalized spacial score (nSPS) is 17.6. The fraction of sp³-hybridized carbons (Fsp3) is 0.300. The van der Waals surface area contributed by atoms with Crippen LogP contribution in [0.15, 0.2) is 54.7 Å². The van der Waals surface area contributed by atoms with Gasteiger partial charge in [0.15, 0.2) is 0 Å². The first-order valence-corrected chi connectivity index (χ1v) is 8.56. The Kier molecular flexibility index (Phi) is 5.80. The molecule has 130 valence electrons. The van der Waals surface area contributed by atoms with Crippen molar-refractivity contribution in [2.24, 2.45) is 5.73 Å². The number of likely N-dealkylation sites (tertiary alicyclic amines) is 1. The van der Waals surface area contributed by atoms with Crippen molar-refractivity contribution >= 4 is 12.0 Å². The van der Waals surface area contributed by atoms with Crippen LogP contribution in [0.1, 0.15) is 24.1 Å². The molecule has 5 nitrogen and oxygen atoms in total. The molecule has 1 fully saturated rings. The Morgan fingerprint density at radius 2 is 2.12 bits per heavy atom. The second kappa shape index (κ2) is 8.44. The molecule has 0 bridgehead atoms. The molecule has 1 aliphatic rings. The van der Waals surface area contributed by atoms with Crippen molar-refractivity contribution in [3.8, 4) is 5.75 Å². The van der Waals surface area contributed by atoms with Crippen molar-refractivity contribution in [2.75, 3.05) is 13.1 Å². The molecule has 1 saturated heterocycles. The van der Waals surface area contributed by atoms with Crippen LogP contribution >= 0.6 is 0 Å². The topological polar surface area (TPSA) is 68.5 Å². The van der Waals surface area contributed by atoms with Gasteiger partial charge in [-0.25, -0.2) is 0 Å². The highest BCUT2D eigenvalue weighted by Gasteiger charge is 2.19. The zero-order valence-electron chi connectivity index (χ0n) is 14.2. The number of benzene rings is 1. The average Bonchev–Trinajstić information content (AvgIpc) is 2.66. The van der Waals surface area contributed by atoms with Gasteiger partial charge in [0.25, 0.3) is 0 Å². The van der Waals surface area contributed by atoms with Crippen LogP contribution in [0.5, 0.6) is 5.75 Å². The summed E-state index contributed by atoms with van der Waals surface area (Å²) in [5.41, 5.74) is 7.77. The molecule has 1 unspecified atom stereocenters. The van der Waals surface area contributed by atoms with Gasteiger partial charge in [-0.1, -0.05) is 18.2 Å². The van der Waals surface area contributed by atoms with E-state index in [1.54, 1.807) is 12.3 Å². The first kappa shape index (κ1) is 17.2. The lowest BCUT2D eigenvalue weighted by molar-refractivity contribution is -0.127. The van der Waals surface area contributed by atoms with Gasteiger partial charge in [0.2, 0.25) is 5.91 Å². The summed E-state index contributed by atoms with van der Waals surface area (Å²) in [7, 11) is 0. The summed E-state index contributed by atoms with van der Waals surface area (Å²) in [4.78, 5) is 18.2. The van der Waals surface area contributed by atoms with Gasteiger partial charge in [-0.05, 0) is 48.7 Å². The van der Waals surface area contributed by atoms with Crippen molar-refractivity contribution < 1.29 is 9.53 Å². The number of ether oxygens (including phenoxy) is 1. The first-order chi connectivity index (χ1) is 12.2. The van der Waals surface area contributed by atoms with E-state index in [0.29, 0.717) is 13.2 Å². The van der Waals surface area contributed by atoms with Crippen molar-refractivity contribution in [1.29, 1.82) is 0 Å². The molecule has 0 spiro atoms. The molecule has 0 aliphatic carbocycles. The molecule has 1 aromatic heterocycles. The van der Waals surface area contributed by atoms with Gasteiger partial charge in [0.1, 0.15) is 12.4 Å². The summed E-state index contributed by atoms with van der Waals surface area (Å²) in [5, 5.41) is 0. The molecule has 2 heterocycles. The molecule has 25 heavy (non-hydrogen) atoms. The number of carbonyl (C=O) groups is 1. The van der Waals surface area contributed by atoms with Crippen LogP contribution in [0.4, 0.5) is 0 Å². The molecule has 3 rings (SSSR count). The van der Waals surface area contributed by atoms with Crippen LogP contribution in [-0.2, 0) is 11.4 Å². The summed E-state index contributed by atoms with van der Waals surface area (Å²) in [6, 6.07) is 13.5. The van der Waals surface area contributed by atoms with Gasteiger partial charge in [0, 0.05) is 31.4 Å². The summed E-state index contributed by atoms with van der Waals surface area (Å²) in [6.45, 7) is 1.87. The fourth-order valence-corrected chi connectivity index (χ4v) is 2.80. The third kappa shape index (κ3) is 5.16. The SMILES string of the molecule is NC1CCCN(C(=O)/C=C/c2ccc(OCc3ccccn3)cc2)C1. The number of hydrogen-bond acceptors (Lipinski definition) is 4. The number of nitrogens with two attached hydrogens (primary N) is 1. The van der Waals surface area contributed by atoms with E-state index < -0.39 is 0 Å². The van der Waals surface area contributed by atoms with E-state index >= 15 is 0 Å². The molecule has 0 radical (unpaired) electrons. The lowest BCUT2D eigenvalue weighted by Gasteiger charge is -2.29. The van der Waals surface area contributed by atoms with Crippen LogP contribution in [0.25, 0.3) is 6.08 Å². The average molecular weight is 337 g/mol. The van der Waals surface area contributed by atoms with Crippen LogP contribution in [-0.4, -0.2) is 34.9 Å². The van der Waals surface area contributed by atoms with E-state index in [0.717, 1.165) is 36.4 Å². The van der Waals surface area contributed by atoms with Gasteiger partial charge in [-0.15, -0.1) is 0 Å². The number of pyridine rings is 1. The molecule has 5 heteroatoms. The van der Waals surface area contributed by atoms with Crippen LogP contribution in [0.3, 0.4) is 0 Å². The molecule has 2 N–H and O–H groups in total. The Hall–Kier alpha value is -2.66. The fourth-order valence-electron chi connectivity index (χ4n) is 2.80. The monoisotopic (exact) mass is 337 g/mol. The number of piperidine rings is 1. The smallest absolute Gasteiger partial charge is 0.246 e. The minimum atomic E-state index is 0.0191. The zero-order valence-corrected chi connectivity index (χ0v) is 14.2. The molecule has 1 aliphatic heterocycles. The second-order valence-electron chi connectivity index (χ2n) is 6.20. The third-order valence-corrected chi connectivity index (χ3v) is 4.18. The van der Waals surface area contributed by atoms with Crippen molar-refractivity contribution in [2.45, 2.75) is 25.5 Å². The predicted octanol–water partition coefficient (Wildman–Crippen LogP) is 2.62. The maximum Gasteiger partial charge on any atom is 0.246 e. The van der Waals surface area contributed by atoms with Crippen LogP contribution in [0, 0.1) is 0 Å². The van der Waals surface area contributed by atoms with Gasteiger partial charge in [-0.2, -0.15) is 0 Å². The Bertz CT molecular complexity index is 713. The number of hydrogen-bond donors (Lipinski definition) is 1. The molecular formula is C20H23N3O2. The maximum absolute atomic E-state index is 12.2. The Morgan fingerprint density at radius 1 is 1.28 bits per heavy atom. The first-order valence-electron chi connectivity index (χ1n) is 8.56. The van der Waals surface area contributed by atoms with E-state index in [9.17, 15) is 4.79 Å². The summed E-state index contributed by atoms with van der Waals surface area (Å²) < 4.78 is 5.70. The number of carbonyl (C=O) groups excluding carboxylic acids is 1. The number of nitrogens with zero attached hydrogens (tertiary/aromatic N) is 2. The highest BCUT2D eigenvalue weighted by Crippen LogP contribution is 2.15. The maximum atomic E-state index is 12.2. The van der Waals surface area contributed by atoms with Crippen molar-refractivity contribution in [1.82, 2.24) is 9.88 Å². The van der Waals surface area contributed by atoms with E-state index in [4.69, 9.17) is 10.5 Å². The van der Waals surface area contributed by atoms with Crippen molar-refractivity contribution in [3.05, 3.63) is 66.0 Å². The molecule has 1 aromatic carbocycles. The quantitative estimate of drug-likeness (QED) is 0.852. The minimum absolute atomic E-state index is 0.0191. The molecule has 0 saturated carbocycles. The minimum Gasteiger partial charge on any atom is -0.487 e. The zero-order chi connectivity index (χ0) is 17.5. The van der Waals surface area contributed by atoms with E-state index in [2.05, 4.69) is 4.98 Å². The highest BCUT2D eigenvalue weighted by molar-refractivity contribution is 5.91. The number of aromatic nitrogens is 1. The second-order valence-corrected chi connectivity index (χ2v) is 6.20. The summed E-state index contributed by atoms with van der Waals surface area (Å²) in [6.07, 6.45) is 7.15. The van der Waals surface area contributed by atoms with E-state index in [1.807, 2.05) is 53.4 Å². The van der Waals surface area contributed by atoms with Gasteiger partial charge in [-0.3, -0.25) is 9.78 Å². The van der Waals surface area contributed by atoms with Crippen LogP contribution in [0.2, 0.25) is 0 Å². The van der Waals surface area contributed by atoms with E-state index in [-0.39, 0.29) is 11.9 Å². The van der Waals surface area contributed by atoms with Crippen LogP contribution < -0.4 is 10.5 Å². The Labute approximate surface area is 148 Å². The van der Waals surface area contributed by atoms with E-state index in [1.165, 1.54) is 0 Å². The lowest BCUT2D eigenvalue weighted by Crippen LogP contribution is -2.45. The van der Waals surface area contributed by atoms with Gasteiger partial charge >= 0.3 is 0 Å². The highest BCUT2D eigenvalue weighted by atomic mass is 16.5. The number of rotatable bonds is 5. The molecular weight excluding hydrogens is 314 g/mol. The molecule has 2 aromatic rings. The van der Waals surface area contributed by atoms with Crippen molar-refractivity contribution in [3.63, 3.8) is 0 Å². The largest absolute Gasteiger partial charge is 0.487 e. The Morgan fingerprint density at radius 3 is 2.84 bits per heavy atom. The summed E-state index contributed by atoms with van der Waals surface area (Å²) in [5.74, 6) is 0.793. The predicted molar refractivity (Wildman–Crippen MR) is 97.8 cm³/mol. The van der Waals surface area contributed by atoms with Gasteiger partial charge in [0.05, 0.1) is 5.69 Å². The third-order valence-electron chi connectivity index (χ3n) is 4.18. The van der Waals surface area contributed by atoms with Gasteiger partial charge < -0.3 is 15.4 Å². The number of amides is 1. The Balaban J connectivity index is 1.52. The standard InChI is InChI=1S/C20H23N3O2/c21-17-4-3-13-23(14-17)20(24)11-8-16-6-9-19(10-7-16)25-15-18-5-1-2-12-22-18/h1-2,5-12,17H,3-4,13-15,21H2/b11-8+. The molecule has 1 atom stereocenters. The summed E-state index contributed by atoms with van der Waals surface area (Å²) >= 11 is 0. The molecule has 1 amide bonds.